The minimum absolute atomic E-state index is 0.0452. The fourth-order valence-electron chi connectivity index (χ4n) is 2.75. The van der Waals surface area contributed by atoms with Gasteiger partial charge in [-0.05, 0) is 55.9 Å². The predicted octanol–water partition coefficient (Wildman–Crippen LogP) is 3.31. The van der Waals surface area contributed by atoms with Gasteiger partial charge in [0.2, 0.25) is 5.95 Å². The number of nitrogens with one attached hydrogen (secondary N) is 2. The van der Waals surface area contributed by atoms with Gasteiger partial charge in [0.15, 0.2) is 0 Å². The van der Waals surface area contributed by atoms with Gasteiger partial charge in [0.1, 0.15) is 0 Å². The van der Waals surface area contributed by atoms with Crippen LogP contribution in [0.15, 0.2) is 23.1 Å². The molecule has 6 nitrogen and oxygen atoms in total. The highest BCUT2D eigenvalue weighted by atomic mass is 32.2. The number of benzene rings is 1. The molecule has 0 fully saturated rings. The van der Waals surface area contributed by atoms with Gasteiger partial charge >= 0.3 is 0 Å². The maximum Gasteiger partial charge on any atom is 0.257 e. The lowest BCUT2D eigenvalue weighted by molar-refractivity contribution is 0.579. The van der Waals surface area contributed by atoms with E-state index in [0.29, 0.717) is 11.1 Å². The molecule has 0 amide bonds. The summed E-state index contributed by atoms with van der Waals surface area (Å²) in [5, 5.41) is 0. The van der Waals surface area contributed by atoms with Crippen LogP contribution in [0.3, 0.4) is 0 Å². The van der Waals surface area contributed by atoms with E-state index in [0.717, 1.165) is 17.0 Å². The molecule has 1 aromatic carbocycles. The average molecular weight is 362 g/mol. The first-order valence-corrected chi connectivity index (χ1v) is 9.60. The van der Waals surface area contributed by atoms with Gasteiger partial charge in [-0.2, -0.15) is 0 Å². The third kappa shape index (κ3) is 4.55. The molecule has 136 valence electrons. The largest absolute Gasteiger partial charge is 0.276 e. The molecule has 2 aromatic rings. The minimum Gasteiger partial charge on any atom is -0.276 e. The van der Waals surface area contributed by atoms with Gasteiger partial charge in [0, 0.05) is 11.4 Å². The van der Waals surface area contributed by atoms with Gasteiger partial charge in [0.05, 0.1) is 4.90 Å². The van der Waals surface area contributed by atoms with Crippen LogP contribution in [0.25, 0.3) is 0 Å². The Morgan fingerprint density at radius 1 is 0.880 bits per heavy atom. The monoisotopic (exact) mass is 362 g/mol. The molecule has 0 aliphatic carbocycles. The number of hydrogen-bond donors (Lipinski definition) is 2. The summed E-state index contributed by atoms with van der Waals surface area (Å²) >= 11 is 0. The van der Waals surface area contributed by atoms with Crippen LogP contribution in [0, 0.1) is 27.7 Å². The Morgan fingerprint density at radius 2 is 1.36 bits per heavy atom. The van der Waals surface area contributed by atoms with Crippen molar-refractivity contribution < 1.29 is 8.42 Å². The second-order valence-electron chi connectivity index (χ2n) is 7.39. The van der Waals surface area contributed by atoms with E-state index in [1.54, 1.807) is 0 Å². The summed E-state index contributed by atoms with van der Waals surface area (Å²) in [6.45, 7) is 13.6. The normalized spacial score (nSPS) is 12.3. The van der Waals surface area contributed by atoms with Crippen LogP contribution in [0.4, 0.5) is 5.95 Å². The second kappa shape index (κ2) is 6.72. The van der Waals surface area contributed by atoms with Crippen molar-refractivity contribution in [2.24, 2.45) is 0 Å². The maximum absolute atomic E-state index is 12.7. The quantitative estimate of drug-likeness (QED) is 0.815. The van der Waals surface area contributed by atoms with Crippen LogP contribution in [-0.2, 0) is 15.4 Å². The molecule has 1 aromatic heterocycles. The molecule has 2 rings (SSSR count). The van der Waals surface area contributed by atoms with Crippen molar-refractivity contribution in [1.82, 2.24) is 14.8 Å². The Balaban J connectivity index is 2.33. The van der Waals surface area contributed by atoms with Gasteiger partial charge < -0.3 is 0 Å². The van der Waals surface area contributed by atoms with Crippen LogP contribution in [0.5, 0.6) is 0 Å². The molecule has 0 radical (unpaired) electrons. The van der Waals surface area contributed by atoms with E-state index in [4.69, 9.17) is 0 Å². The van der Waals surface area contributed by atoms with E-state index in [2.05, 4.69) is 41.0 Å². The van der Waals surface area contributed by atoms with Gasteiger partial charge in [-0.25, -0.2) is 18.4 Å². The predicted molar refractivity (Wildman–Crippen MR) is 100 cm³/mol. The zero-order chi connectivity index (χ0) is 19.0. The Labute approximate surface area is 150 Å². The number of sulfonamides is 1. The number of aromatic nitrogens is 2. The van der Waals surface area contributed by atoms with E-state index < -0.39 is 10.0 Å². The van der Waals surface area contributed by atoms with Crippen molar-refractivity contribution in [2.75, 3.05) is 5.43 Å². The van der Waals surface area contributed by atoms with Crippen molar-refractivity contribution in [3.05, 3.63) is 46.3 Å². The van der Waals surface area contributed by atoms with Gasteiger partial charge in [-0.15, -0.1) is 4.83 Å². The van der Waals surface area contributed by atoms with E-state index >= 15 is 0 Å². The third-order valence-corrected chi connectivity index (χ3v) is 5.43. The number of rotatable bonds is 4. The van der Waals surface area contributed by atoms with Crippen molar-refractivity contribution in [1.29, 1.82) is 0 Å². The van der Waals surface area contributed by atoms with E-state index in [1.807, 2.05) is 45.9 Å². The second-order valence-corrected chi connectivity index (χ2v) is 9.01. The standard InChI is InChI=1S/C18H26N4O2S/c1-11-8-15(18(5,6)7)9-12(2)16(11)25(23,24)22-21-17-19-13(3)10-14(4)20-17/h8-10,22H,1-7H3,(H,19,20,21). The molecule has 0 spiro atoms. The van der Waals surface area contributed by atoms with Crippen LogP contribution >= 0.6 is 0 Å². The highest BCUT2D eigenvalue weighted by Gasteiger charge is 2.23. The third-order valence-electron chi connectivity index (χ3n) is 3.87. The van der Waals surface area contributed by atoms with Gasteiger partial charge in [-0.1, -0.05) is 32.9 Å². The zero-order valence-corrected chi connectivity index (χ0v) is 16.7. The SMILES string of the molecule is Cc1cc(C)nc(NNS(=O)(=O)c2c(C)cc(C(C)(C)C)cc2C)n1. The molecule has 0 aliphatic heterocycles. The Kier molecular flexibility index (Phi) is 5.20. The smallest absolute Gasteiger partial charge is 0.257 e. The number of nitrogens with zero attached hydrogens (tertiary/aromatic N) is 2. The molecule has 0 bridgehead atoms. The van der Waals surface area contributed by atoms with E-state index in [-0.39, 0.29) is 16.3 Å². The summed E-state index contributed by atoms with van der Waals surface area (Å²) in [7, 11) is -3.75. The van der Waals surface area contributed by atoms with Crippen LogP contribution in [-0.4, -0.2) is 18.4 Å². The van der Waals surface area contributed by atoms with E-state index in [9.17, 15) is 8.42 Å². The number of hydrazine groups is 1. The molecule has 1 heterocycles. The maximum atomic E-state index is 12.7. The lowest BCUT2D eigenvalue weighted by Gasteiger charge is -2.22. The minimum atomic E-state index is -3.75. The first kappa shape index (κ1) is 19.3. The molecule has 0 saturated heterocycles. The lowest BCUT2D eigenvalue weighted by atomic mass is 9.85. The summed E-state index contributed by atoms with van der Waals surface area (Å²) in [6, 6.07) is 5.67. The summed E-state index contributed by atoms with van der Waals surface area (Å²) < 4.78 is 25.5. The Morgan fingerprint density at radius 3 is 1.80 bits per heavy atom. The average Bonchev–Trinajstić information content (AvgIpc) is 2.42. The summed E-state index contributed by atoms with van der Waals surface area (Å²) in [4.78, 5) is 11.0. The Hall–Kier alpha value is -1.99. The fraction of sp³-hybridized carbons (Fsp3) is 0.444. The molecular weight excluding hydrogens is 336 g/mol. The van der Waals surface area contributed by atoms with Gasteiger partial charge in [0.25, 0.3) is 10.0 Å². The lowest BCUT2D eigenvalue weighted by Crippen LogP contribution is -2.32. The summed E-state index contributed by atoms with van der Waals surface area (Å²) in [6.07, 6.45) is 0. The molecule has 0 atom stereocenters. The number of hydrogen-bond acceptors (Lipinski definition) is 5. The summed E-state index contributed by atoms with van der Waals surface area (Å²) in [5.74, 6) is 0.225. The topological polar surface area (TPSA) is 84.0 Å². The fourth-order valence-corrected chi connectivity index (χ4v) is 4.05. The molecule has 2 N–H and O–H groups in total. The van der Waals surface area contributed by atoms with Crippen molar-refractivity contribution in [2.45, 2.75) is 58.8 Å². The molecule has 25 heavy (non-hydrogen) atoms. The molecule has 0 unspecified atom stereocenters. The first-order chi connectivity index (χ1) is 11.4. The summed E-state index contributed by atoms with van der Waals surface area (Å²) in [5.41, 5.74) is 6.60. The highest BCUT2D eigenvalue weighted by Crippen LogP contribution is 2.29. The van der Waals surface area contributed by atoms with Crippen molar-refractivity contribution in [3.63, 3.8) is 0 Å². The van der Waals surface area contributed by atoms with Crippen LogP contribution in [0.1, 0.15) is 48.8 Å². The molecule has 7 heteroatoms. The number of aryl methyl sites for hydroxylation is 4. The van der Waals surface area contributed by atoms with Crippen LogP contribution < -0.4 is 10.3 Å². The molecular formula is C18H26N4O2S. The Bertz CT molecular complexity index is 857. The van der Waals surface area contributed by atoms with Crippen LogP contribution in [0.2, 0.25) is 0 Å². The van der Waals surface area contributed by atoms with E-state index in [1.165, 1.54) is 0 Å². The highest BCUT2D eigenvalue weighted by molar-refractivity contribution is 7.89. The van der Waals surface area contributed by atoms with Crippen molar-refractivity contribution in [3.8, 4) is 0 Å². The van der Waals surface area contributed by atoms with Gasteiger partial charge in [-0.3, -0.25) is 5.43 Å². The first-order valence-electron chi connectivity index (χ1n) is 8.12. The molecule has 0 saturated carbocycles. The zero-order valence-electron chi connectivity index (χ0n) is 15.9. The van der Waals surface area contributed by atoms with Crippen molar-refractivity contribution >= 4 is 16.0 Å². The number of anilines is 1. The molecule has 0 aliphatic rings.